The van der Waals surface area contributed by atoms with Crippen molar-refractivity contribution in [1.82, 2.24) is 0 Å². The Bertz CT molecular complexity index is 615. The zero-order valence-corrected chi connectivity index (χ0v) is 13.6. The van der Waals surface area contributed by atoms with E-state index in [1.54, 1.807) is 0 Å². The summed E-state index contributed by atoms with van der Waals surface area (Å²) in [6, 6.07) is 17.7. The molecular formula is C17H19BrN2O. The highest BCUT2D eigenvalue weighted by atomic mass is 79.9. The summed E-state index contributed by atoms with van der Waals surface area (Å²) in [6.07, 6.45) is 1.18. The molecule has 3 nitrogen and oxygen atoms in total. The summed E-state index contributed by atoms with van der Waals surface area (Å²) in [4.78, 5) is 12.1. The van der Waals surface area contributed by atoms with Gasteiger partial charge in [0.15, 0.2) is 0 Å². The Hall–Kier alpha value is -1.81. The normalized spacial score (nSPS) is 13.4. The van der Waals surface area contributed by atoms with Gasteiger partial charge in [-0.1, -0.05) is 59.3 Å². The van der Waals surface area contributed by atoms with Gasteiger partial charge in [0.1, 0.15) is 5.54 Å². The van der Waals surface area contributed by atoms with Gasteiger partial charge < -0.3 is 11.1 Å². The summed E-state index contributed by atoms with van der Waals surface area (Å²) >= 11 is 3.44. The van der Waals surface area contributed by atoms with Crippen molar-refractivity contribution in [2.24, 2.45) is 5.73 Å². The highest BCUT2D eigenvalue weighted by Crippen LogP contribution is 2.25. The summed E-state index contributed by atoms with van der Waals surface area (Å²) in [5.41, 5.74) is 6.87. The fourth-order valence-corrected chi connectivity index (χ4v) is 2.77. The minimum Gasteiger partial charge on any atom is -0.371 e. The predicted octanol–water partition coefficient (Wildman–Crippen LogP) is 3.74. The van der Waals surface area contributed by atoms with Crippen LogP contribution in [0.3, 0.4) is 0 Å². The van der Waals surface area contributed by atoms with Gasteiger partial charge >= 0.3 is 0 Å². The molecule has 1 unspecified atom stereocenters. The molecule has 0 saturated heterocycles. The summed E-state index contributed by atoms with van der Waals surface area (Å²) in [6.45, 7) is 1.97. The Morgan fingerprint density at radius 3 is 2.48 bits per heavy atom. The molecule has 21 heavy (non-hydrogen) atoms. The van der Waals surface area contributed by atoms with Crippen molar-refractivity contribution in [3.63, 3.8) is 0 Å². The lowest BCUT2D eigenvalue weighted by molar-refractivity contribution is -0.122. The van der Waals surface area contributed by atoms with E-state index >= 15 is 0 Å². The standard InChI is InChI=1S/C17H19BrN2O/c1-2-17(16(19)21,12-13-7-4-3-5-8-13)20-15-10-6-9-14(18)11-15/h3-11,20H,2,12H2,1H3,(H2,19,21). The molecular weight excluding hydrogens is 328 g/mol. The number of anilines is 1. The number of nitrogens with one attached hydrogen (secondary N) is 1. The average Bonchev–Trinajstić information content (AvgIpc) is 2.47. The number of nitrogens with two attached hydrogens (primary N) is 1. The summed E-state index contributed by atoms with van der Waals surface area (Å²) in [5, 5.41) is 3.33. The van der Waals surface area contributed by atoms with Crippen LogP contribution in [0.5, 0.6) is 0 Å². The SMILES string of the molecule is CCC(Cc1ccccc1)(Nc1cccc(Br)c1)C(N)=O. The molecule has 0 aromatic heterocycles. The summed E-state index contributed by atoms with van der Waals surface area (Å²) in [7, 11) is 0. The average molecular weight is 347 g/mol. The largest absolute Gasteiger partial charge is 0.371 e. The maximum atomic E-state index is 12.1. The molecule has 1 amide bonds. The van der Waals surface area contributed by atoms with Gasteiger partial charge in [-0.25, -0.2) is 0 Å². The van der Waals surface area contributed by atoms with E-state index in [0.717, 1.165) is 15.7 Å². The molecule has 0 spiro atoms. The molecule has 0 aliphatic carbocycles. The molecule has 110 valence electrons. The van der Waals surface area contributed by atoms with Gasteiger partial charge in [0.2, 0.25) is 5.91 Å². The topological polar surface area (TPSA) is 55.1 Å². The lowest BCUT2D eigenvalue weighted by atomic mass is 9.87. The third kappa shape index (κ3) is 3.85. The van der Waals surface area contributed by atoms with Crippen molar-refractivity contribution < 1.29 is 4.79 Å². The first kappa shape index (κ1) is 15.6. The zero-order chi connectivity index (χ0) is 15.3. The van der Waals surface area contributed by atoms with Crippen LogP contribution >= 0.6 is 15.9 Å². The van der Waals surface area contributed by atoms with E-state index in [2.05, 4.69) is 21.2 Å². The van der Waals surface area contributed by atoms with Crippen molar-refractivity contribution in [2.45, 2.75) is 25.3 Å². The van der Waals surface area contributed by atoms with Crippen LogP contribution in [0.25, 0.3) is 0 Å². The molecule has 4 heteroatoms. The van der Waals surface area contributed by atoms with Crippen molar-refractivity contribution in [1.29, 1.82) is 0 Å². The van der Waals surface area contributed by atoms with E-state index in [0.29, 0.717) is 12.8 Å². The molecule has 0 bridgehead atoms. The van der Waals surface area contributed by atoms with Crippen molar-refractivity contribution in [2.75, 3.05) is 5.32 Å². The van der Waals surface area contributed by atoms with E-state index in [9.17, 15) is 4.79 Å². The quantitative estimate of drug-likeness (QED) is 0.836. The smallest absolute Gasteiger partial charge is 0.243 e. The Morgan fingerprint density at radius 1 is 1.19 bits per heavy atom. The number of carbonyl (C=O) groups excluding carboxylic acids is 1. The number of amides is 1. The number of hydrogen-bond acceptors (Lipinski definition) is 2. The van der Waals surface area contributed by atoms with Gasteiger partial charge in [0.05, 0.1) is 0 Å². The van der Waals surface area contributed by atoms with Crippen LogP contribution in [0.15, 0.2) is 59.1 Å². The molecule has 0 saturated carbocycles. The first-order valence-electron chi connectivity index (χ1n) is 6.93. The van der Waals surface area contributed by atoms with Crippen molar-refractivity contribution in [3.8, 4) is 0 Å². The molecule has 0 heterocycles. The van der Waals surface area contributed by atoms with E-state index in [1.165, 1.54) is 0 Å². The van der Waals surface area contributed by atoms with Crippen molar-refractivity contribution in [3.05, 3.63) is 64.6 Å². The van der Waals surface area contributed by atoms with Crippen molar-refractivity contribution >= 4 is 27.5 Å². The van der Waals surface area contributed by atoms with Gasteiger partial charge in [-0.3, -0.25) is 4.79 Å². The van der Waals surface area contributed by atoms with E-state index in [4.69, 9.17) is 5.73 Å². The Labute approximate surface area is 133 Å². The maximum absolute atomic E-state index is 12.1. The van der Waals surface area contributed by atoms with Crippen LogP contribution in [0.2, 0.25) is 0 Å². The lowest BCUT2D eigenvalue weighted by Crippen LogP contribution is -2.51. The highest BCUT2D eigenvalue weighted by Gasteiger charge is 2.34. The van der Waals surface area contributed by atoms with Crippen LogP contribution in [0.1, 0.15) is 18.9 Å². The van der Waals surface area contributed by atoms with Gasteiger partial charge in [-0.15, -0.1) is 0 Å². The second-order valence-corrected chi connectivity index (χ2v) is 6.01. The first-order chi connectivity index (χ1) is 10.1. The number of benzene rings is 2. The van der Waals surface area contributed by atoms with Gasteiger partial charge in [0.25, 0.3) is 0 Å². The second-order valence-electron chi connectivity index (χ2n) is 5.10. The molecule has 0 aliphatic heterocycles. The fraction of sp³-hybridized carbons (Fsp3) is 0.235. The number of halogens is 1. The Morgan fingerprint density at radius 2 is 1.90 bits per heavy atom. The molecule has 2 aromatic carbocycles. The minimum atomic E-state index is -0.790. The van der Waals surface area contributed by atoms with Gasteiger partial charge in [-0.05, 0) is 30.2 Å². The summed E-state index contributed by atoms with van der Waals surface area (Å²) < 4.78 is 0.960. The maximum Gasteiger partial charge on any atom is 0.243 e. The molecule has 3 N–H and O–H groups in total. The summed E-state index contributed by atoms with van der Waals surface area (Å²) in [5.74, 6) is -0.339. The van der Waals surface area contributed by atoms with Crippen LogP contribution in [-0.4, -0.2) is 11.4 Å². The van der Waals surface area contributed by atoms with Crippen LogP contribution in [0, 0.1) is 0 Å². The number of primary amides is 1. The van der Waals surface area contributed by atoms with E-state index in [1.807, 2.05) is 61.5 Å². The zero-order valence-electron chi connectivity index (χ0n) is 12.0. The molecule has 0 radical (unpaired) electrons. The number of hydrogen-bond donors (Lipinski definition) is 2. The monoisotopic (exact) mass is 346 g/mol. The second kappa shape index (κ2) is 6.76. The lowest BCUT2D eigenvalue weighted by Gasteiger charge is -2.32. The molecule has 1 atom stereocenters. The predicted molar refractivity (Wildman–Crippen MR) is 90.1 cm³/mol. The fourth-order valence-electron chi connectivity index (χ4n) is 2.37. The van der Waals surface area contributed by atoms with Gasteiger partial charge in [-0.2, -0.15) is 0 Å². The molecule has 0 fully saturated rings. The van der Waals surface area contributed by atoms with Crippen LogP contribution in [0.4, 0.5) is 5.69 Å². The van der Waals surface area contributed by atoms with Gasteiger partial charge in [0, 0.05) is 16.6 Å². The third-order valence-corrected chi connectivity index (χ3v) is 4.13. The number of rotatable bonds is 6. The molecule has 2 rings (SSSR count). The molecule has 0 aliphatic rings. The Kier molecular flexibility index (Phi) is 5.02. The minimum absolute atomic E-state index is 0.339. The first-order valence-corrected chi connectivity index (χ1v) is 7.72. The highest BCUT2D eigenvalue weighted by molar-refractivity contribution is 9.10. The van der Waals surface area contributed by atoms with Crippen LogP contribution in [-0.2, 0) is 11.2 Å². The number of carbonyl (C=O) groups is 1. The Balaban J connectivity index is 2.31. The van der Waals surface area contributed by atoms with Crippen LogP contribution < -0.4 is 11.1 Å². The van der Waals surface area contributed by atoms with E-state index < -0.39 is 5.54 Å². The van der Waals surface area contributed by atoms with E-state index in [-0.39, 0.29) is 5.91 Å². The molecule has 2 aromatic rings. The third-order valence-electron chi connectivity index (χ3n) is 3.63.